The predicted octanol–water partition coefficient (Wildman–Crippen LogP) is 3.62. The van der Waals surface area contributed by atoms with Crippen LogP contribution in [0, 0.1) is 11.3 Å². The molecule has 35 heavy (non-hydrogen) atoms. The fraction of sp³-hybridized carbons (Fsp3) is 0.136. The molecule has 13 heteroatoms. The Balaban J connectivity index is 2.02. The van der Waals surface area contributed by atoms with E-state index in [9.17, 15) is 22.8 Å². The summed E-state index contributed by atoms with van der Waals surface area (Å²) in [5, 5.41) is 15.5. The minimum absolute atomic E-state index is 0.0177. The van der Waals surface area contributed by atoms with Gasteiger partial charge in [-0.05, 0) is 35.9 Å². The van der Waals surface area contributed by atoms with E-state index in [1.54, 1.807) is 12.1 Å². The number of amides is 1. The molecule has 0 aliphatic heterocycles. The molecule has 3 rings (SSSR count). The number of hydrogen-bond acceptors (Lipinski definition) is 6. The Morgan fingerprint density at radius 1 is 1.37 bits per heavy atom. The average Bonchev–Trinajstić information content (AvgIpc) is 3.33. The third kappa shape index (κ3) is 5.96. The molecule has 1 aromatic carbocycles. The maximum Gasteiger partial charge on any atom is 0.437 e. The molecule has 0 bridgehead atoms. The molecule has 0 aliphatic carbocycles. The van der Waals surface area contributed by atoms with Gasteiger partial charge in [-0.1, -0.05) is 18.2 Å². The number of hydrogen-bond donors (Lipinski definition) is 1. The molecule has 1 N–H and O–H groups in total. The number of nitrogens with zero attached hydrogens (tertiary/aromatic N) is 5. The number of allylic oxidation sites excluding steroid dienone is 2. The number of ether oxygens (including phenoxy) is 1. The topological polar surface area (TPSA) is 115 Å². The molecule has 0 unspecified atom stereocenters. The molecule has 0 spiro atoms. The van der Waals surface area contributed by atoms with Gasteiger partial charge in [-0.25, -0.2) is 9.67 Å². The van der Waals surface area contributed by atoms with E-state index in [2.05, 4.69) is 22.0 Å². The number of benzene rings is 1. The zero-order valence-electron chi connectivity index (χ0n) is 18.0. The van der Waals surface area contributed by atoms with Crippen LogP contribution in [-0.4, -0.2) is 32.3 Å². The van der Waals surface area contributed by atoms with E-state index in [0.717, 1.165) is 16.7 Å². The second-order valence-corrected chi connectivity index (χ2v) is 7.40. The van der Waals surface area contributed by atoms with E-state index in [1.165, 1.54) is 36.3 Å². The number of carbonyl (C=O) groups excluding carboxylic acids is 1. The van der Waals surface area contributed by atoms with Gasteiger partial charge in [0.1, 0.15) is 11.4 Å². The fourth-order valence-corrected chi connectivity index (χ4v) is 3.14. The van der Waals surface area contributed by atoms with Crippen molar-refractivity contribution in [3.8, 4) is 17.6 Å². The lowest BCUT2D eigenvalue weighted by Crippen LogP contribution is -2.27. The predicted molar refractivity (Wildman–Crippen MR) is 119 cm³/mol. The molecule has 3 aromatic rings. The van der Waals surface area contributed by atoms with Crippen LogP contribution in [0.2, 0.25) is 5.02 Å². The maximum atomic E-state index is 13.6. The van der Waals surface area contributed by atoms with Gasteiger partial charge >= 0.3 is 6.18 Å². The maximum absolute atomic E-state index is 13.6. The monoisotopic (exact) mass is 504 g/mol. The fourth-order valence-electron chi connectivity index (χ4n) is 2.91. The molecule has 0 aliphatic rings. The SMILES string of the molecule is C=C(/C=C(\C(=O)NC)n1cccn1)Cn1cnc(C(F)(F)F)c(Oc2cc(Cl)cc(C#N)c2)c1=O. The Hall–Kier alpha value is -4.37. The summed E-state index contributed by atoms with van der Waals surface area (Å²) in [6.45, 7) is 3.46. The summed E-state index contributed by atoms with van der Waals surface area (Å²) in [7, 11) is 1.41. The third-order valence-corrected chi connectivity index (χ3v) is 4.63. The van der Waals surface area contributed by atoms with Crippen LogP contribution in [-0.2, 0) is 17.5 Å². The van der Waals surface area contributed by atoms with Crippen LogP contribution in [0.3, 0.4) is 0 Å². The Kier molecular flexibility index (Phi) is 7.41. The number of likely N-dealkylation sites (N-methyl/N-ethyl adjacent to an activating group) is 1. The van der Waals surface area contributed by atoms with E-state index >= 15 is 0 Å². The summed E-state index contributed by atoms with van der Waals surface area (Å²) in [6.07, 6.45) is -0.0307. The van der Waals surface area contributed by atoms with Crippen molar-refractivity contribution in [3.63, 3.8) is 0 Å². The Labute approximate surface area is 201 Å². The molecule has 1 amide bonds. The molecular weight excluding hydrogens is 489 g/mol. The van der Waals surface area contributed by atoms with Gasteiger partial charge < -0.3 is 10.1 Å². The molecule has 9 nitrogen and oxygen atoms in total. The molecule has 0 fully saturated rings. The number of halogens is 4. The minimum atomic E-state index is -5.01. The van der Waals surface area contributed by atoms with Crippen molar-refractivity contribution in [2.45, 2.75) is 12.7 Å². The largest absolute Gasteiger partial charge is 0.449 e. The lowest BCUT2D eigenvalue weighted by Gasteiger charge is -2.15. The molecule has 0 saturated heterocycles. The normalized spacial score (nSPS) is 11.6. The van der Waals surface area contributed by atoms with Crippen LogP contribution in [0.4, 0.5) is 13.2 Å². The first-order valence-corrected chi connectivity index (χ1v) is 10.1. The summed E-state index contributed by atoms with van der Waals surface area (Å²) in [5.41, 5.74) is -2.45. The number of carbonyl (C=O) groups is 1. The zero-order chi connectivity index (χ0) is 25.8. The van der Waals surface area contributed by atoms with Gasteiger partial charge in [-0.15, -0.1) is 0 Å². The molecule has 2 aromatic heterocycles. The minimum Gasteiger partial charge on any atom is -0.449 e. The molecule has 180 valence electrons. The summed E-state index contributed by atoms with van der Waals surface area (Å²) in [5.74, 6) is -1.87. The Morgan fingerprint density at radius 2 is 2.11 bits per heavy atom. The molecule has 0 atom stereocenters. The Morgan fingerprint density at radius 3 is 2.71 bits per heavy atom. The van der Waals surface area contributed by atoms with Gasteiger partial charge in [0.05, 0.1) is 24.5 Å². The molecule has 0 saturated carbocycles. The Bertz CT molecular complexity index is 1410. The van der Waals surface area contributed by atoms with E-state index < -0.39 is 29.1 Å². The van der Waals surface area contributed by atoms with Gasteiger partial charge in [0, 0.05) is 24.5 Å². The second-order valence-electron chi connectivity index (χ2n) is 6.96. The van der Waals surface area contributed by atoms with Crippen molar-refractivity contribution >= 4 is 23.2 Å². The first kappa shape index (κ1) is 25.3. The molecule has 2 heterocycles. The van der Waals surface area contributed by atoms with Crippen LogP contribution < -0.4 is 15.6 Å². The number of nitrogens with one attached hydrogen (secondary N) is 1. The van der Waals surface area contributed by atoms with E-state index in [0.29, 0.717) is 6.33 Å². The van der Waals surface area contributed by atoms with Crippen molar-refractivity contribution in [2.24, 2.45) is 0 Å². The van der Waals surface area contributed by atoms with Crippen LogP contribution in [0.5, 0.6) is 11.5 Å². The molecule has 0 radical (unpaired) electrons. The van der Waals surface area contributed by atoms with Crippen LogP contribution >= 0.6 is 11.6 Å². The summed E-state index contributed by atoms with van der Waals surface area (Å²) in [6, 6.07) is 6.94. The summed E-state index contributed by atoms with van der Waals surface area (Å²) >= 11 is 5.88. The van der Waals surface area contributed by atoms with Crippen molar-refractivity contribution in [3.05, 3.63) is 87.8 Å². The molecular formula is C22H16ClF3N6O3. The van der Waals surface area contributed by atoms with Gasteiger partial charge in [-0.3, -0.25) is 14.2 Å². The number of nitriles is 1. The first-order chi connectivity index (χ1) is 16.5. The van der Waals surface area contributed by atoms with E-state index in [4.69, 9.17) is 21.6 Å². The highest BCUT2D eigenvalue weighted by atomic mass is 35.5. The van der Waals surface area contributed by atoms with Gasteiger partial charge in [0.2, 0.25) is 5.75 Å². The van der Waals surface area contributed by atoms with Crippen LogP contribution in [0.15, 0.2) is 66.0 Å². The number of rotatable bonds is 7. The second kappa shape index (κ2) is 10.3. The first-order valence-electron chi connectivity index (χ1n) is 9.70. The van der Waals surface area contributed by atoms with Gasteiger partial charge in [-0.2, -0.15) is 23.5 Å². The third-order valence-electron chi connectivity index (χ3n) is 4.41. The lowest BCUT2D eigenvalue weighted by atomic mass is 10.2. The standard InChI is InChI=1S/C22H16ClF3N6O3/c1-13(6-17(20(33)28-2)32-5-3-4-30-32)11-31-12-29-19(22(24,25)26)18(21(31)34)35-16-8-14(10-27)7-15(23)9-16/h3-9,12H,1,11H2,2H3,(H,28,33)/b17-6+. The van der Waals surface area contributed by atoms with Crippen LogP contribution in [0.25, 0.3) is 5.70 Å². The number of aromatic nitrogens is 4. The zero-order valence-corrected chi connectivity index (χ0v) is 18.8. The highest BCUT2D eigenvalue weighted by Gasteiger charge is 2.38. The van der Waals surface area contributed by atoms with Crippen molar-refractivity contribution in [2.75, 3.05) is 7.05 Å². The summed E-state index contributed by atoms with van der Waals surface area (Å²) < 4.78 is 48.0. The quantitative estimate of drug-likeness (QED) is 0.388. The number of alkyl halides is 3. The smallest absolute Gasteiger partial charge is 0.437 e. The van der Waals surface area contributed by atoms with Crippen molar-refractivity contribution in [1.82, 2.24) is 24.6 Å². The van der Waals surface area contributed by atoms with Gasteiger partial charge in [0.25, 0.3) is 11.5 Å². The highest BCUT2D eigenvalue weighted by Crippen LogP contribution is 2.35. The highest BCUT2D eigenvalue weighted by molar-refractivity contribution is 6.30. The van der Waals surface area contributed by atoms with Crippen LogP contribution in [0.1, 0.15) is 11.3 Å². The summed E-state index contributed by atoms with van der Waals surface area (Å²) in [4.78, 5) is 28.5. The lowest BCUT2D eigenvalue weighted by molar-refractivity contribution is -0.142. The van der Waals surface area contributed by atoms with E-state index in [-0.39, 0.29) is 34.2 Å². The van der Waals surface area contributed by atoms with E-state index in [1.807, 2.05) is 0 Å². The van der Waals surface area contributed by atoms with Crippen molar-refractivity contribution in [1.29, 1.82) is 5.26 Å². The average molecular weight is 505 g/mol. The van der Waals surface area contributed by atoms with Gasteiger partial charge in [0.15, 0.2) is 5.69 Å². The van der Waals surface area contributed by atoms with Crippen molar-refractivity contribution < 1.29 is 22.7 Å².